The van der Waals surface area contributed by atoms with E-state index in [4.69, 9.17) is 21.0 Å². The summed E-state index contributed by atoms with van der Waals surface area (Å²) in [4.78, 5) is 27.2. The number of benzene rings is 2. The molecule has 0 aliphatic carbocycles. The van der Waals surface area contributed by atoms with Crippen molar-refractivity contribution >= 4 is 67.3 Å². The SMILES string of the molecule is CC1=C(C(=O)Nc2nc3ccccc3s2)C(C2NNCC2Cl)N=C(Nc2nc3ccccc3o2)N1. The summed E-state index contributed by atoms with van der Waals surface area (Å²) in [5, 5.41) is 9.45. The summed E-state index contributed by atoms with van der Waals surface area (Å²) in [6.07, 6.45) is 0. The minimum Gasteiger partial charge on any atom is -0.423 e. The Morgan fingerprint density at radius 2 is 1.94 bits per heavy atom. The number of carbonyl (C=O) groups is 1. The normalized spacial score (nSPS) is 22.3. The van der Waals surface area contributed by atoms with Gasteiger partial charge in [0, 0.05) is 12.2 Å². The van der Waals surface area contributed by atoms with Crippen LogP contribution in [0.3, 0.4) is 0 Å². The molecule has 178 valence electrons. The van der Waals surface area contributed by atoms with Crippen LogP contribution in [0.1, 0.15) is 6.92 Å². The molecule has 35 heavy (non-hydrogen) atoms. The van der Waals surface area contributed by atoms with E-state index in [-0.39, 0.29) is 17.3 Å². The van der Waals surface area contributed by atoms with E-state index in [1.807, 2.05) is 55.5 Å². The van der Waals surface area contributed by atoms with Crippen LogP contribution in [0.4, 0.5) is 11.1 Å². The molecule has 1 fully saturated rings. The Morgan fingerprint density at radius 3 is 2.71 bits per heavy atom. The fourth-order valence-electron chi connectivity index (χ4n) is 4.22. The quantitative estimate of drug-likeness (QED) is 0.266. The number of amides is 1. The summed E-state index contributed by atoms with van der Waals surface area (Å²) in [6, 6.07) is 14.6. The number of hydrogen-bond donors (Lipinski definition) is 5. The number of anilines is 2. The number of oxazole rings is 1. The number of alkyl halides is 1. The average molecular weight is 509 g/mol. The second kappa shape index (κ2) is 8.93. The van der Waals surface area contributed by atoms with Crippen LogP contribution in [0.15, 0.2) is 69.2 Å². The number of fused-ring (bicyclic) bond motifs is 2. The predicted octanol–water partition coefficient (Wildman–Crippen LogP) is 3.17. The van der Waals surface area contributed by atoms with Crippen molar-refractivity contribution in [1.29, 1.82) is 0 Å². The highest BCUT2D eigenvalue weighted by Gasteiger charge is 2.40. The average Bonchev–Trinajstić information content (AvgIpc) is 3.55. The molecule has 12 heteroatoms. The molecule has 4 aromatic rings. The van der Waals surface area contributed by atoms with Crippen molar-refractivity contribution in [3.8, 4) is 0 Å². The Morgan fingerprint density at radius 1 is 1.14 bits per heavy atom. The summed E-state index contributed by atoms with van der Waals surface area (Å²) in [7, 11) is 0. The van der Waals surface area contributed by atoms with Crippen LogP contribution in [-0.2, 0) is 4.79 Å². The molecule has 0 saturated carbocycles. The van der Waals surface area contributed by atoms with Crippen molar-refractivity contribution in [3.05, 3.63) is 59.8 Å². The highest BCUT2D eigenvalue weighted by Crippen LogP contribution is 2.29. The van der Waals surface area contributed by atoms with E-state index in [1.54, 1.807) is 0 Å². The number of allylic oxidation sites excluding steroid dienone is 1. The van der Waals surface area contributed by atoms with Gasteiger partial charge in [-0.25, -0.2) is 9.98 Å². The Hall–Kier alpha value is -3.51. The van der Waals surface area contributed by atoms with Gasteiger partial charge in [0.2, 0.25) is 5.96 Å². The van der Waals surface area contributed by atoms with E-state index in [0.29, 0.717) is 40.5 Å². The Bertz CT molecular complexity index is 1430. The molecule has 1 saturated heterocycles. The second-order valence-electron chi connectivity index (χ2n) is 8.21. The molecule has 0 bridgehead atoms. The van der Waals surface area contributed by atoms with Crippen molar-refractivity contribution in [1.82, 2.24) is 26.1 Å². The maximum Gasteiger partial charge on any atom is 0.302 e. The third-order valence-corrected chi connectivity index (χ3v) is 7.23. The number of carbonyl (C=O) groups excluding carboxylic acids is 1. The number of thiazole rings is 1. The molecule has 2 aromatic carbocycles. The van der Waals surface area contributed by atoms with Gasteiger partial charge in [-0.05, 0) is 31.2 Å². The van der Waals surface area contributed by atoms with Gasteiger partial charge in [-0.2, -0.15) is 4.98 Å². The minimum absolute atomic E-state index is 0.273. The molecule has 6 rings (SSSR count). The summed E-state index contributed by atoms with van der Waals surface area (Å²) in [5.41, 5.74) is 9.55. The molecular formula is C23H21ClN8O2S. The van der Waals surface area contributed by atoms with Crippen LogP contribution in [0.2, 0.25) is 0 Å². The molecule has 2 aliphatic rings. The number of halogens is 1. The number of aromatic nitrogens is 2. The zero-order valence-electron chi connectivity index (χ0n) is 18.5. The van der Waals surface area contributed by atoms with E-state index in [2.05, 4.69) is 36.8 Å². The van der Waals surface area contributed by atoms with Crippen LogP contribution in [0.5, 0.6) is 0 Å². The fourth-order valence-corrected chi connectivity index (χ4v) is 5.35. The molecule has 0 spiro atoms. The van der Waals surface area contributed by atoms with E-state index >= 15 is 0 Å². The van der Waals surface area contributed by atoms with Crippen molar-refractivity contribution in [2.24, 2.45) is 4.99 Å². The number of hydrogen-bond acceptors (Lipinski definition) is 10. The van der Waals surface area contributed by atoms with Crippen molar-refractivity contribution in [2.45, 2.75) is 24.4 Å². The maximum atomic E-state index is 13.5. The van der Waals surface area contributed by atoms with Gasteiger partial charge >= 0.3 is 6.01 Å². The molecular weight excluding hydrogens is 488 g/mol. The molecule has 10 nitrogen and oxygen atoms in total. The number of nitrogens with one attached hydrogen (secondary N) is 5. The van der Waals surface area contributed by atoms with Crippen LogP contribution in [0.25, 0.3) is 21.3 Å². The van der Waals surface area contributed by atoms with Crippen LogP contribution in [0, 0.1) is 0 Å². The Kier molecular flexibility index (Phi) is 5.61. The van der Waals surface area contributed by atoms with Gasteiger partial charge in [0.25, 0.3) is 5.91 Å². The van der Waals surface area contributed by atoms with E-state index < -0.39 is 6.04 Å². The number of rotatable bonds is 4. The van der Waals surface area contributed by atoms with Gasteiger partial charge in [-0.15, -0.1) is 11.6 Å². The van der Waals surface area contributed by atoms with Crippen molar-refractivity contribution in [3.63, 3.8) is 0 Å². The number of aliphatic imine (C=N–C) groups is 1. The van der Waals surface area contributed by atoms with E-state index in [9.17, 15) is 4.79 Å². The van der Waals surface area contributed by atoms with E-state index in [1.165, 1.54) is 11.3 Å². The zero-order valence-corrected chi connectivity index (χ0v) is 20.1. The Labute approximate surface area is 208 Å². The summed E-state index contributed by atoms with van der Waals surface area (Å²) in [6.45, 7) is 2.37. The monoisotopic (exact) mass is 508 g/mol. The summed E-state index contributed by atoms with van der Waals surface area (Å²) < 4.78 is 6.77. The van der Waals surface area contributed by atoms with Gasteiger partial charge in [0.1, 0.15) is 11.6 Å². The third kappa shape index (κ3) is 4.23. The smallest absolute Gasteiger partial charge is 0.302 e. The number of nitrogens with zero attached hydrogens (tertiary/aromatic N) is 3. The fraction of sp³-hybridized carbons (Fsp3) is 0.217. The first-order chi connectivity index (χ1) is 17.0. The number of hydrazine groups is 1. The topological polar surface area (TPSA) is 128 Å². The van der Waals surface area contributed by atoms with Crippen molar-refractivity contribution in [2.75, 3.05) is 17.2 Å². The lowest BCUT2D eigenvalue weighted by Crippen LogP contribution is -2.49. The van der Waals surface area contributed by atoms with Crippen LogP contribution < -0.4 is 26.8 Å². The van der Waals surface area contributed by atoms with E-state index in [0.717, 1.165) is 15.7 Å². The van der Waals surface area contributed by atoms with Crippen LogP contribution >= 0.6 is 22.9 Å². The highest BCUT2D eigenvalue weighted by atomic mass is 35.5. The van der Waals surface area contributed by atoms with Gasteiger partial charge in [-0.3, -0.25) is 26.3 Å². The lowest BCUT2D eigenvalue weighted by Gasteiger charge is -2.30. The number of guanidine groups is 1. The molecule has 2 aromatic heterocycles. The van der Waals surface area contributed by atoms with Gasteiger partial charge in [0.15, 0.2) is 10.7 Å². The predicted molar refractivity (Wildman–Crippen MR) is 138 cm³/mol. The molecule has 4 heterocycles. The standard InChI is InChI=1S/C23H21ClN8O2S/c1-11-17(20(33)30-23-28-14-7-3-5-9-16(14)35-23)19(18-12(24)10-25-32-18)29-21(26-11)31-22-27-13-6-2-4-8-15(13)34-22/h2-9,12,18-19,25,32H,10H2,1H3,(H,28,30,33)(H2,26,27,29,31). The van der Waals surface area contributed by atoms with Crippen molar-refractivity contribution < 1.29 is 9.21 Å². The highest BCUT2D eigenvalue weighted by molar-refractivity contribution is 7.22. The minimum atomic E-state index is -0.574. The van der Waals surface area contributed by atoms with Gasteiger partial charge in [0.05, 0.1) is 27.2 Å². The molecule has 1 amide bonds. The van der Waals surface area contributed by atoms with Gasteiger partial charge < -0.3 is 9.73 Å². The first-order valence-corrected chi connectivity index (χ1v) is 12.3. The molecule has 2 aliphatic heterocycles. The third-order valence-electron chi connectivity index (χ3n) is 5.85. The Balaban J connectivity index is 1.29. The first-order valence-electron chi connectivity index (χ1n) is 11.0. The first kappa shape index (κ1) is 22.0. The lowest BCUT2D eigenvalue weighted by atomic mass is 9.95. The second-order valence-corrected chi connectivity index (χ2v) is 9.80. The molecule has 5 N–H and O–H groups in total. The summed E-state index contributed by atoms with van der Waals surface area (Å²) >= 11 is 7.99. The van der Waals surface area contributed by atoms with Gasteiger partial charge in [-0.1, -0.05) is 35.6 Å². The summed E-state index contributed by atoms with van der Waals surface area (Å²) in [5.74, 6) is 0.120. The maximum absolute atomic E-state index is 13.5. The zero-order chi connectivity index (χ0) is 23.9. The molecule has 3 unspecified atom stereocenters. The van der Waals surface area contributed by atoms with Crippen LogP contribution in [-0.4, -0.2) is 45.8 Å². The lowest BCUT2D eigenvalue weighted by molar-refractivity contribution is -0.113. The largest absolute Gasteiger partial charge is 0.423 e. The molecule has 3 atom stereocenters. The number of para-hydroxylation sites is 3. The molecule has 0 radical (unpaired) electrons.